The lowest BCUT2D eigenvalue weighted by atomic mass is 10.1. The minimum Gasteiger partial charge on any atom is -0.475 e. The zero-order valence-electron chi connectivity index (χ0n) is 7.25. The van der Waals surface area contributed by atoms with Gasteiger partial charge in [-0.25, -0.2) is 4.79 Å². The van der Waals surface area contributed by atoms with Crippen LogP contribution in [0, 0.1) is 0 Å². The number of ketones is 1. The van der Waals surface area contributed by atoms with Crippen LogP contribution in [0.5, 0.6) is 0 Å². The predicted molar refractivity (Wildman–Crippen MR) is 48.9 cm³/mol. The van der Waals surface area contributed by atoms with Crippen LogP contribution >= 0.6 is 0 Å². The van der Waals surface area contributed by atoms with Crippen molar-refractivity contribution in [2.75, 3.05) is 6.54 Å². The van der Waals surface area contributed by atoms with E-state index in [1.165, 1.54) is 0 Å². The van der Waals surface area contributed by atoms with Crippen LogP contribution in [0.25, 0.3) is 0 Å². The van der Waals surface area contributed by atoms with Gasteiger partial charge < -0.3 is 10.0 Å². The predicted octanol–water partition coefficient (Wildman–Crippen LogP) is -0.194. The standard InChI is InChI=1S/C9H8N2O3/c12-8(9(13)14)6-5-10-7-3-1-2-4-11(6)7/h1-4,6H,5H2,(H,13,14). The van der Waals surface area contributed by atoms with Crippen molar-refractivity contribution in [2.24, 2.45) is 4.99 Å². The second-order valence-corrected chi connectivity index (χ2v) is 2.99. The summed E-state index contributed by atoms with van der Waals surface area (Å²) < 4.78 is 0. The van der Waals surface area contributed by atoms with Crippen molar-refractivity contribution in [3.8, 4) is 0 Å². The molecule has 5 heteroatoms. The van der Waals surface area contributed by atoms with Gasteiger partial charge in [-0.15, -0.1) is 0 Å². The number of fused-ring (bicyclic) bond motifs is 1. The van der Waals surface area contributed by atoms with Gasteiger partial charge in [-0.2, -0.15) is 0 Å². The molecule has 0 spiro atoms. The van der Waals surface area contributed by atoms with E-state index < -0.39 is 17.8 Å². The maximum Gasteiger partial charge on any atom is 0.374 e. The third-order valence-electron chi connectivity index (χ3n) is 2.14. The SMILES string of the molecule is O=C(O)C(=O)C1CN=C2C=CC=CN21. The van der Waals surface area contributed by atoms with E-state index in [-0.39, 0.29) is 6.54 Å². The van der Waals surface area contributed by atoms with Gasteiger partial charge in [-0.3, -0.25) is 9.79 Å². The molecule has 1 atom stereocenters. The number of aliphatic imine (C=N–C) groups is 1. The third-order valence-corrected chi connectivity index (χ3v) is 2.14. The van der Waals surface area contributed by atoms with Gasteiger partial charge in [0.05, 0.1) is 6.54 Å². The molecule has 0 aliphatic carbocycles. The van der Waals surface area contributed by atoms with Gasteiger partial charge in [0.25, 0.3) is 5.78 Å². The molecule has 0 aromatic rings. The summed E-state index contributed by atoms with van der Waals surface area (Å²) in [7, 11) is 0. The Labute approximate surface area is 80.0 Å². The average molecular weight is 192 g/mol. The summed E-state index contributed by atoms with van der Waals surface area (Å²) in [5.41, 5.74) is 0. The summed E-state index contributed by atoms with van der Waals surface area (Å²) in [4.78, 5) is 27.4. The fraction of sp³-hybridized carbons (Fsp3) is 0.222. The first-order valence-electron chi connectivity index (χ1n) is 4.15. The topological polar surface area (TPSA) is 70.0 Å². The number of hydrogen-bond donors (Lipinski definition) is 1. The highest BCUT2D eigenvalue weighted by Crippen LogP contribution is 2.16. The van der Waals surface area contributed by atoms with E-state index in [2.05, 4.69) is 4.99 Å². The van der Waals surface area contributed by atoms with Crippen LogP contribution in [0.15, 0.2) is 29.4 Å². The Bertz CT molecular complexity index is 382. The molecule has 0 saturated heterocycles. The molecule has 2 aliphatic rings. The van der Waals surface area contributed by atoms with E-state index in [0.29, 0.717) is 5.84 Å². The molecule has 2 heterocycles. The molecule has 0 amide bonds. The maximum atomic E-state index is 11.2. The summed E-state index contributed by atoms with van der Waals surface area (Å²) in [6.07, 6.45) is 6.95. The number of rotatable bonds is 2. The Morgan fingerprint density at radius 1 is 1.50 bits per heavy atom. The zero-order valence-corrected chi connectivity index (χ0v) is 7.25. The molecule has 1 unspecified atom stereocenters. The molecule has 0 radical (unpaired) electrons. The Morgan fingerprint density at radius 2 is 2.29 bits per heavy atom. The van der Waals surface area contributed by atoms with Gasteiger partial charge in [0.15, 0.2) is 0 Å². The van der Waals surface area contributed by atoms with Crippen LogP contribution in [0.3, 0.4) is 0 Å². The number of aliphatic carboxylic acids is 1. The Morgan fingerprint density at radius 3 is 3.00 bits per heavy atom. The molecule has 1 N–H and O–H groups in total. The van der Waals surface area contributed by atoms with Crippen LogP contribution in [-0.2, 0) is 9.59 Å². The summed E-state index contributed by atoms with van der Waals surface area (Å²) in [5, 5.41) is 8.56. The molecule has 0 saturated carbocycles. The molecule has 14 heavy (non-hydrogen) atoms. The van der Waals surface area contributed by atoms with Crippen molar-refractivity contribution < 1.29 is 14.7 Å². The quantitative estimate of drug-likeness (QED) is 0.615. The van der Waals surface area contributed by atoms with Crippen LogP contribution in [0.4, 0.5) is 0 Å². The second kappa shape index (κ2) is 3.10. The maximum absolute atomic E-state index is 11.2. The van der Waals surface area contributed by atoms with Crippen LogP contribution < -0.4 is 0 Å². The number of nitrogens with zero attached hydrogens (tertiary/aromatic N) is 2. The largest absolute Gasteiger partial charge is 0.475 e. The number of carbonyl (C=O) groups is 2. The fourth-order valence-corrected chi connectivity index (χ4v) is 1.46. The summed E-state index contributed by atoms with van der Waals surface area (Å²) >= 11 is 0. The lowest BCUT2D eigenvalue weighted by Crippen LogP contribution is -2.41. The first kappa shape index (κ1) is 8.68. The van der Waals surface area contributed by atoms with E-state index in [1.54, 1.807) is 29.3 Å². The Kier molecular flexibility index (Phi) is 1.92. The van der Waals surface area contributed by atoms with E-state index in [9.17, 15) is 9.59 Å². The third kappa shape index (κ3) is 1.22. The highest BCUT2D eigenvalue weighted by molar-refractivity contribution is 6.35. The summed E-state index contributed by atoms with van der Waals surface area (Å²) in [6.45, 7) is 0.217. The lowest BCUT2D eigenvalue weighted by Gasteiger charge is -2.21. The molecule has 0 aromatic heterocycles. The van der Waals surface area contributed by atoms with Crippen LogP contribution in [0.1, 0.15) is 0 Å². The number of carbonyl (C=O) groups excluding carboxylic acids is 1. The molecule has 2 aliphatic heterocycles. The first-order valence-corrected chi connectivity index (χ1v) is 4.15. The number of amidine groups is 1. The van der Waals surface area contributed by atoms with Crippen molar-refractivity contribution in [1.29, 1.82) is 0 Å². The van der Waals surface area contributed by atoms with Gasteiger partial charge in [-0.05, 0) is 12.2 Å². The molecule has 72 valence electrons. The van der Waals surface area contributed by atoms with Gasteiger partial charge in [-0.1, -0.05) is 6.08 Å². The Balaban J connectivity index is 2.20. The highest BCUT2D eigenvalue weighted by Gasteiger charge is 2.34. The minimum absolute atomic E-state index is 0.217. The number of carboxylic acid groups (broad SMARTS) is 1. The molecule has 0 aromatic carbocycles. The number of hydrogen-bond acceptors (Lipinski definition) is 4. The van der Waals surface area contributed by atoms with Crippen LogP contribution in [0.2, 0.25) is 0 Å². The summed E-state index contributed by atoms with van der Waals surface area (Å²) in [6, 6.07) is -0.677. The number of carboxylic acids is 1. The van der Waals surface area contributed by atoms with Gasteiger partial charge in [0.2, 0.25) is 0 Å². The molecular weight excluding hydrogens is 184 g/mol. The Hall–Kier alpha value is -1.91. The van der Waals surface area contributed by atoms with E-state index in [4.69, 9.17) is 5.11 Å². The fourth-order valence-electron chi connectivity index (χ4n) is 1.46. The van der Waals surface area contributed by atoms with Gasteiger partial charge in [0.1, 0.15) is 11.9 Å². The van der Waals surface area contributed by atoms with E-state index >= 15 is 0 Å². The smallest absolute Gasteiger partial charge is 0.374 e. The average Bonchev–Trinajstić information content (AvgIpc) is 2.60. The lowest BCUT2D eigenvalue weighted by molar-refractivity contribution is -0.150. The summed E-state index contributed by atoms with van der Waals surface area (Å²) in [5.74, 6) is -1.58. The molecular formula is C9H8N2O3. The van der Waals surface area contributed by atoms with Crippen molar-refractivity contribution in [3.05, 3.63) is 24.4 Å². The van der Waals surface area contributed by atoms with Gasteiger partial charge >= 0.3 is 5.97 Å². The van der Waals surface area contributed by atoms with E-state index in [0.717, 1.165) is 0 Å². The molecule has 5 nitrogen and oxygen atoms in total. The van der Waals surface area contributed by atoms with E-state index in [1.807, 2.05) is 0 Å². The highest BCUT2D eigenvalue weighted by atomic mass is 16.4. The van der Waals surface area contributed by atoms with Crippen molar-refractivity contribution in [1.82, 2.24) is 4.90 Å². The van der Waals surface area contributed by atoms with Crippen molar-refractivity contribution >= 4 is 17.6 Å². The van der Waals surface area contributed by atoms with Crippen LogP contribution in [-0.4, -0.2) is 40.2 Å². The van der Waals surface area contributed by atoms with Crippen molar-refractivity contribution in [3.63, 3.8) is 0 Å². The van der Waals surface area contributed by atoms with Gasteiger partial charge in [0, 0.05) is 6.20 Å². The second-order valence-electron chi connectivity index (χ2n) is 2.99. The van der Waals surface area contributed by atoms with Crippen molar-refractivity contribution in [2.45, 2.75) is 6.04 Å². The molecule has 0 bridgehead atoms. The number of Topliss-reactive ketones (excluding diaryl/α,β-unsaturated/α-hetero) is 1. The minimum atomic E-state index is -1.41. The first-order chi connectivity index (χ1) is 6.70. The normalized spacial score (nSPS) is 23.3. The molecule has 0 fully saturated rings. The monoisotopic (exact) mass is 192 g/mol. The number of allylic oxidation sites excluding steroid dienone is 2. The molecule has 2 rings (SSSR count). The zero-order chi connectivity index (χ0) is 10.1.